The molecule has 2 aromatic rings. The molecule has 2 heterocycles. The number of aliphatic hydroxyl groups is 1. The van der Waals surface area contributed by atoms with Crippen molar-refractivity contribution in [2.24, 2.45) is 0 Å². The van der Waals surface area contributed by atoms with E-state index >= 15 is 0 Å². The van der Waals surface area contributed by atoms with E-state index in [2.05, 4.69) is 10.3 Å². The van der Waals surface area contributed by atoms with Crippen molar-refractivity contribution in [3.63, 3.8) is 0 Å². The molecule has 0 amide bonds. The first-order valence-electron chi connectivity index (χ1n) is 5.78. The van der Waals surface area contributed by atoms with Crippen molar-refractivity contribution in [1.82, 2.24) is 10.3 Å². The third-order valence-electron chi connectivity index (χ3n) is 2.25. The Morgan fingerprint density at radius 2 is 2.39 bits per heavy atom. The van der Waals surface area contributed by atoms with Crippen molar-refractivity contribution >= 4 is 11.3 Å². The van der Waals surface area contributed by atoms with Gasteiger partial charge in [-0.1, -0.05) is 0 Å². The largest absolute Gasteiger partial charge is 0.462 e. The summed E-state index contributed by atoms with van der Waals surface area (Å²) in [5.41, 5.74) is 0.994. The Bertz CT molecular complexity index is 442. The van der Waals surface area contributed by atoms with Crippen LogP contribution in [0.25, 0.3) is 10.8 Å². The van der Waals surface area contributed by atoms with Gasteiger partial charge in [-0.05, 0) is 12.1 Å². The molecule has 5 nitrogen and oxygen atoms in total. The zero-order valence-corrected chi connectivity index (χ0v) is 10.8. The number of rotatable bonds is 8. The van der Waals surface area contributed by atoms with E-state index in [-0.39, 0.29) is 6.61 Å². The molecular formula is C12H16N2O3S. The first kappa shape index (κ1) is 13.2. The van der Waals surface area contributed by atoms with Crippen LogP contribution >= 0.6 is 11.3 Å². The fourth-order valence-electron chi connectivity index (χ4n) is 1.43. The molecule has 0 fully saturated rings. The van der Waals surface area contributed by atoms with Crippen LogP contribution in [0, 0.1) is 0 Å². The molecule has 98 valence electrons. The highest BCUT2D eigenvalue weighted by Crippen LogP contribution is 2.23. The second-order valence-electron chi connectivity index (χ2n) is 3.63. The van der Waals surface area contributed by atoms with Gasteiger partial charge < -0.3 is 19.6 Å². The molecule has 0 saturated carbocycles. The molecule has 18 heavy (non-hydrogen) atoms. The second-order valence-corrected chi connectivity index (χ2v) is 4.49. The minimum Gasteiger partial charge on any atom is -0.462 e. The maximum absolute atomic E-state index is 8.53. The molecule has 2 aromatic heterocycles. The molecule has 2 N–H and O–H groups in total. The molecule has 0 atom stereocenters. The highest BCUT2D eigenvalue weighted by molar-refractivity contribution is 7.13. The van der Waals surface area contributed by atoms with Gasteiger partial charge in [0.1, 0.15) is 0 Å². The van der Waals surface area contributed by atoms with Crippen molar-refractivity contribution in [2.75, 3.05) is 26.4 Å². The Labute approximate surface area is 109 Å². The maximum atomic E-state index is 8.53. The van der Waals surface area contributed by atoms with Gasteiger partial charge in [-0.2, -0.15) is 0 Å². The summed E-state index contributed by atoms with van der Waals surface area (Å²) in [7, 11) is 0. The van der Waals surface area contributed by atoms with Gasteiger partial charge in [0.15, 0.2) is 10.8 Å². The van der Waals surface area contributed by atoms with Gasteiger partial charge in [-0.3, -0.25) is 0 Å². The molecule has 0 radical (unpaired) electrons. The lowest BCUT2D eigenvalue weighted by Crippen LogP contribution is -2.20. The fourth-order valence-corrected chi connectivity index (χ4v) is 2.21. The average Bonchev–Trinajstić information content (AvgIpc) is 3.03. The topological polar surface area (TPSA) is 67.5 Å². The number of hydrogen-bond acceptors (Lipinski definition) is 6. The van der Waals surface area contributed by atoms with E-state index in [1.165, 1.54) is 0 Å². The first-order chi connectivity index (χ1) is 8.90. The summed E-state index contributed by atoms with van der Waals surface area (Å²) in [6.45, 7) is 2.50. The number of ether oxygens (including phenoxy) is 1. The third-order valence-corrected chi connectivity index (χ3v) is 3.15. The van der Waals surface area contributed by atoms with Crippen LogP contribution in [0.15, 0.2) is 28.2 Å². The number of hydrogen-bond donors (Lipinski definition) is 2. The molecule has 0 bridgehead atoms. The molecule has 0 spiro atoms. The lowest BCUT2D eigenvalue weighted by Gasteiger charge is -2.03. The zero-order chi connectivity index (χ0) is 12.6. The standard InChI is InChI=1S/C12H16N2O3S/c15-4-7-16-6-3-13-8-10-9-18-12(14-10)11-2-1-5-17-11/h1-2,5,9,13,15H,3-4,6-8H2. The smallest absolute Gasteiger partial charge is 0.162 e. The lowest BCUT2D eigenvalue weighted by molar-refractivity contribution is 0.0937. The van der Waals surface area contributed by atoms with Crippen LogP contribution in [0.1, 0.15) is 5.69 Å². The Balaban J connectivity index is 1.71. The van der Waals surface area contributed by atoms with E-state index in [0.717, 1.165) is 23.0 Å². The number of nitrogens with one attached hydrogen (secondary N) is 1. The van der Waals surface area contributed by atoms with Crippen molar-refractivity contribution < 1.29 is 14.3 Å². The third kappa shape index (κ3) is 3.92. The van der Waals surface area contributed by atoms with Crippen molar-refractivity contribution in [3.8, 4) is 10.8 Å². The maximum Gasteiger partial charge on any atom is 0.162 e. The SMILES string of the molecule is OCCOCCNCc1csc(-c2ccco2)n1. The van der Waals surface area contributed by atoms with Crippen molar-refractivity contribution in [2.45, 2.75) is 6.54 Å². The van der Waals surface area contributed by atoms with Crippen LogP contribution in [0.3, 0.4) is 0 Å². The molecule has 0 aliphatic carbocycles. The molecule has 0 aliphatic rings. The van der Waals surface area contributed by atoms with E-state index in [9.17, 15) is 0 Å². The molecule has 0 aliphatic heterocycles. The molecule has 0 aromatic carbocycles. The zero-order valence-electron chi connectivity index (χ0n) is 9.96. The van der Waals surface area contributed by atoms with E-state index in [1.54, 1.807) is 17.6 Å². The summed E-state index contributed by atoms with van der Waals surface area (Å²) >= 11 is 1.57. The van der Waals surface area contributed by atoms with Crippen LogP contribution in [0.2, 0.25) is 0 Å². The molecular weight excluding hydrogens is 252 g/mol. The monoisotopic (exact) mass is 268 g/mol. The second kappa shape index (κ2) is 7.27. The van der Waals surface area contributed by atoms with Gasteiger partial charge in [0.25, 0.3) is 0 Å². The summed E-state index contributed by atoms with van der Waals surface area (Å²) in [6.07, 6.45) is 1.65. The predicted octanol–water partition coefficient (Wildman–Crippen LogP) is 1.50. The average molecular weight is 268 g/mol. The van der Waals surface area contributed by atoms with Crippen LogP contribution in [-0.2, 0) is 11.3 Å². The summed E-state index contributed by atoms with van der Waals surface area (Å²) in [4.78, 5) is 4.47. The van der Waals surface area contributed by atoms with Gasteiger partial charge >= 0.3 is 0 Å². The lowest BCUT2D eigenvalue weighted by atomic mass is 10.4. The number of aromatic nitrogens is 1. The van der Waals surface area contributed by atoms with Crippen LogP contribution in [0.4, 0.5) is 0 Å². The fraction of sp³-hybridized carbons (Fsp3) is 0.417. The first-order valence-corrected chi connectivity index (χ1v) is 6.65. The van der Waals surface area contributed by atoms with Gasteiger partial charge in [0.05, 0.1) is 31.8 Å². The Morgan fingerprint density at radius 3 is 3.17 bits per heavy atom. The van der Waals surface area contributed by atoms with Gasteiger partial charge in [0, 0.05) is 18.5 Å². The number of nitrogens with zero attached hydrogens (tertiary/aromatic N) is 1. The van der Waals surface area contributed by atoms with Crippen LogP contribution in [0.5, 0.6) is 0 Å². The normalized spacial score (nSPS) is 10.9. The minimum absolute atomic E-state index is 0.0680. The Hall–Kier alpha value is -1.21. The Morgan fingerprint density at radius 1 is 1.44 bits per heavy atom. The Kier molecular flexibility index (Phi) is 5.35. The van der Waals surface area contributed by atoms with Gasteiger partial charge in [-0.15, -0.1) is 11.3 Å². The van der Waals surface area contributed by atoms with E-state index in [1.807, 2.05) is 17.5 Å². The minimum atomic E-state index is 0.0680. The van der Waals surface area contributed by atoms with Gasteiger partial charge in [0.2, 0.25) is 0 Å². The molecule has 2 rings (SSSR count). The highest BCUT2D eigenvalue weighted by Gasteiger charge is 2.06. The summed E-state index contributed by atoms with van der Waals surface area (Å²) in [5.74, 6) is 0.803. The van der Waals surface area contributed by atoms with E-state index < -0.39 is 0 Å². The summed E-state index contributed by atoms with van der Waals surface area (Å²) in [6, 6.07) is 3.76. The van der Waals surface area contributed by atoms with E-state index in [4.69, 9.17) is 14.3 Å². The summed E-state index contributed by atoms with van der Waals surface area (Å²) < 4.78 is 10.4. The summed E-state index contributed by atoms with van der Waals surface area (Å²) in [5, 5.41) is 14.7. The number of furan rings is 1. The quantitative estimate of drug-likeness (QED) is 0.710. The van der Waals surface area contributed by atoms with Gasteiger partial charge in [-0.25, -0.2) is 4.98 Å². The van der Waals surface area contributed by atoms with Crippen LogP contribution < -0.4 is 5.32 Å². The van der Waals surface area contributed by atoms with E-state index in [0.29, 0.717) is 19.8 Å². The van der Waals surface area contributed by atoms with Crippen molar-refractivity contribution in [3.05, 3.63) is 29.5 Å². The number of aliphatic hydroxyl groups excluding tert-OH is 1. The van der Waals surface area contributed by atoms with Crippen LogP contribution in [-0.4, -0.2) is 36.5 Å². The molecule has 6 heteroatoms. The highest BCUT2D eigenvalue weighted by atomic mass is 32.1. The molecule has 0 unspecified atom stereocenters. The number of thiazole rings is 1. The predicted molar refractivity (Wildman–Crippen MR) is 69.4 cm³/mol. The molecule has 0 saturated heterocycles. The van der Waals surface area contributed by atoms with Crippen molar-refractivity contribution in [1.29, 1.82) is 0 Å².